The zero-order chi connectivity index (χ0) is 21.3. The highest BCUT2D eigenvalue weighted by atomic mass is 19.1. The molecule has 30 heavy (non-hydrogen) atoms. The third-order valence-electron chi connectivity index (χ3n) is 5.45. The second-order valence-corrected chi connectivity index (χ2v) is 8.01. The number of fused-ring (bicyclic) bond motifs is 1. The fraction of sp³-hybridized carbons (Fsp3) is 0.364. The first-order chi connectivity index (χ1) is 14.4. The van der Waals surface area contributed by atoms with Gasteiger partial charge in [0.1, 0.15) is 11.4 Å². The number of pyridine rings is 1. The SMILES string of the molecule is Cc1c[nH]c2nccc(Oc3ccc(CC(N)C(=O)NCC4CN(C)C4)cc3F)c12. The predicted molar refractivity (Wildman–Crippen MR) is 113 cm³/mol. The van der Waals surface area contributed by atoms with Crippen LogP contribution < -0.4 is 15.8 Å². The zero-order valence-corrected chi connectivity index (χ0v) is 17.1. The Morgan fingerprint density at radius 1 is 1.40 bits per heavy atom. The van der Waals surface area contributed by atoms with Crippen LogP contribution in [0.1, 0.15) is 11.1 Å². The number of nitrogens with zero attached hydrogens (tertiary/aromatic N) is 2. The first-order valence-corrected chi connectivity index (χ1v) is 10.0. The van der Waals surface area contributed by atoms with Crippen molar-refractivity contribution >= 4 is 16.9 Å². The highest BCUT2D eigenvalue weighted by molar-refractivity contribution is 5.86. The molecule has 0 radical (unpaired) electrons. The van der Waals surface area contributed by atoms with Crippen molar-refractivity contribution in [2.24, 2.45) is 11.7 Å². The lowest BCUT2D eigenvalue weighted by Gasteiger charge is -2.36. The summed E-state index contributed by atoms with van der Waals surface area (Å²) in [6.45, 7) is 4.52. The number of benzene rings is 1. The van der Waals surface area contributed by atoms with Gasteiger partial charge in [0.25, 0.3) is 0 Å². The number of nitrogens with one attached hydrogen (secondary N) is 2. The summed E-state index contributed by atoms with van der Waals surface area (Å²) in [5.41, 5.74) is 8.31. The normalized spacial score (nSPS) is 15.7. The van der Waals surface area contributed by atoms with Gasteiger partial charge in [-0.05, 0) is 49.7 Å². The van der Waals surface area contributed by atoms with Crippen molar-refractivity contribution in [3.05, 3.63) is 53.6 Å². The molecule has 3 aromatic rings. The van der Waals surface area contributed by atoms with Gasteiger partial charge in [0.15, 0.2) is 11.6 Å². The Kier molecular flexibility index (Phi) is 5.69. The van der Waals surface area contributed by atoms with Crippen LogP contribution in [0.15, 0.2) is 36.7 Å². The number of likely N-dealkylation sites (tertiary alicyclic amines) is 1. The van der Waals surface area contributed by atoms with E-state index in [-0.39, 0.29) is 18.1 Å². The summed E-state index contributed by atoms with van der Waals surface area (Å²) in [4.78, 5) is 21.7. The molecule has 0 spiro atoms. The minimum Gasteiger partial charge on any atom is -0.453 e. The van der Waals surface area contributed by atoms with Crippen molar-refractivity contribution in [3.63, 3.8) is 0 Å². The fourth-order valence-corrected chi connectivity index (χ4v) is 3.82. The summed E-state index contributed by atoms with van der Waals surface area (Å²) in [6, 6.07) is 5.64. The molecule has 1 aliphatic heterocycles. The average molecular weight is 411 g/mol. The molecule has 158 valence electrons. The lowest BCUT2D eigenvalue weighted by Crippen LogP contribution is -2.51. The molecular weight excluding hydrogens is 385 g/mol. The maximum Gasteiger partial charge on any atom is 0.237 e. The number of halogens is 1. The predicted octanol–water partition coefficient (Wildman–Crippen LogP) is 2.35. The molecule has 0 bridgehead atoms. The van der Waals surface area contributed by atoms with Gasteiger partial charge in [0, 0.05) is 37.9 Å². The minimum absolute atomic E-state index is 0.110. The molecule has 1 amide bonds. The van der Waals surface area contributed by atoms with Crippen LogP contribution in [0.4, 0.5) is 4.39 Å². The summed E-state index contributed by atoms with van der Waals surface area (Å²) < 4.78 is 20.5. The van der Waals surface area contributed by atoms with E-state index in [0.717, 1.165) is 24.0 Å². The fourth-order valence-electron chi connectivity index (χ4n) is 3.82. The molecule has 1 fully saturated rings. The van der Waals surface area contributed by atoms with Crippen LogP contribution in [0.2, 0.25) is 0 Å². The van der Waals surface area contributed by atoms with Crippen LogP contribution in [-0.4, -0.2) is 53.5 Å². The topological polar surface area (TPSA) is 96.3 Å². The first-order valence-electron chi connectivity index (χ1n) is 10.0. The lowest BCUT2D eigenvalue weighted by atomic mass is 10.0. The monoisotopic (exact) mass is 411 g/mol. The molecule has 0 saturated carbocycles. The third-order valence-corrected chi connectivity index (χ3v) is 5.45. The number of hydrogen-bond donors (Lipinski definition) is 3. The van der Waals surface area contributed by atoms with Gasteiger partial charge in [-0.1, -0.05) is 6.07 Å². The summed E-state index contributed by atoms with van der Waals surface area (Å²) in [5, 5.41) is 3.70. The average Bonchev–Trinajstić information content (AvgIpc) is 3.08. The molecule has 0 aliphatic carbocycles. The van der Waals surface area contributed by atoms with E-state index in [9.17, 15) is 9.18 Å². The van der Waals surface area contributed by atoms with Crippen molar-refractivity contribution < 1.29 is 13.9 Å². The van der Waals surface area contributed by atoms with Crippen molar-refractivity contribution in [2.45, 2.75) is 19.4 Å². The van der Waals surface area contributed by atoms with Gasteiger partial charge >= 0.3 is 0 Å². The van der Waals surface area contributed by atoms with Crippen molar-refractivity contribution in [1.82, 2.24) is 20.2 Å². The number of aryl methyl sites for hydroxylation is 1. The van der Waals surface area contributed by atoms with Gasteiger partial charge in [-0.2, -0.15) is 0 Å². The molecular formula is C22H26FN5O2. The maximum absolute atomic E-state index is 14.7. The molecule has 1 saturated heterocycles. The van der Waals surface area contributed by atoms with Gasteiger partial charge in [0.05, 0.1) is 11.4 Å². The summed E-state index contributed by atoms with van der Waals surface area (Å²) in [5.74, 6) is 0.397. The number of carbonyl (C=O) groups excluding carboxylic acids is 1. The van der Waals surface area contributed by atoms with E-state index in [1.807, 2.05) is 20.2 Å². The van der Waals surface area contributed by atoms with E-state index in [1.54, 1.807) is 24.4 Å². The number of ether oxygens (including phenoxy) is 1. The number of H-pyrrole nitrogens is 1. The maximum atomic E-state index is 14.7. The van der Waals surface area contributed by atoms with E-state index in [4.69, 9.17) is 10.5 Å². The van der Waals surface area contributed by atoms with E-state index >= 15 is 0 Å². The Hall–Kier alpha value is -2.97. The van der Waals surface area contributed by atoms with Crippen molar-refractivity contribution in [2.75, 3.05) is 26.7 Å². The molecule has 7 nitrogen and oxygen atoms in total. The Balaban J connectivity index is 1.39. The van der Waals surface area contributed by atoms with Crippen LogP contribution in [0.5, 0.6) is 11.5 Å². The summed E-state index contributed by atoms with van der Waals surface area (Å²) >= 11 is 0. The number of hydrogen-bond acceptors (Lipinski definition) is 5. The van der Waals surface area contributed by atoms with Crippen LogP contribution in [0.3, 0.4) is 0 Å². The van der Waals surface area contributed by atoms with E-state index in [0.29, 0.717) is 29.4 Å². The Labute approximate surface area is 174 Å². The molecule has 1 unspecified atom stereocenters. The second-order valence-electron chi connectivity index (χ2n) is 8.01. The van der Waals surface area contributed by atoms with Crippen molar-refractivity contribution in [1.29, 1.82) is 0 Å². The van der Waals surface area contributed by atoms with Gasteiger partial charge in [0.2, 0.25) is 5.91 Å². The van der Waals surface area contributed by atoms with E-state index in [2.05, 4.69) is 20.2 Å². The third kappa shape index (κ3) is 4.29. The smallest absolute Gasteiger partial charge is 0.237 e. The zero-order valence-electron chi connectivity index (χ0n) is 17.1. The number of amides is 1. The molecule has 8 heteroatoms. The molecule has 1 aromatic carbocycles. The molecule has 4 N–H and O–H groups in total. The highest BCUT2D eigenvalue weighted by Crippen LogP contribution is 2.32. The Morgan fingerprint density at radius 3 is 2.93 bits per heavy atom. The van der Waals surface area contributed by atoms with Gasteiger partial charge in [-0.15, -0.1) is 0 Å². The first kappa shape index (κ1) is 20.3. The minimum atomic E-state index is -0.726. The quantitative estimate of drug-likeness (QED) is 0.555. The van der Waals surface area contributed by atoms with Gasteiger partial charge in [-0.25, -0.2) is 9.37 Å². The summed E-state index contributed by atoms with van der Waals surface area (Å²) in [7, 11) is 2.04. The molecule has 3 heterocycles. The Bertz CT molecular complexity index is 1060. The molecule has 1 aliphatic rings. The standard InChI is InChI=1S/C22H26FN5O2/c1-13-9-26-21-20(13)19(5-6-25-21)30-18-4-3-14(7-16(18)23)8-17(24)22(29)27-10-15-11-28(2)12-15/h3-7,9,15,17H,8,10-12,24H2,1-2H3,(H,25,26)(H,27,29). The van der Waals surface area contributed by atoms with E-state index < -0.39 is 11.9 Å². The van der Waals surface area contributed by atoms with Crippen LogP contribution >= 0.6 is 0 Å². The molecule has 2 aromatic heterocycles. The van der Waals surface area contributed by atoms with Crippen LogP contribution in [-0.2, 0) is 11.2 Å². The number of carbonyl (C=O) groups is 1. The second kappa shape index (κ2) is 8.41. The number of aromatic amines is 1. The molecule has 1 atom stereocenters. The largest absolute Gasteiger partial charge is 0.453 e. The van der Waals surface area contributed by atoms with Gasteiger partial charge < -0.3 is 25.7 Å². The number of aromatic nitrogens is 2. The van der Waals surface area contributed by atoms with Gasteiger partial charge in [-0.3, -0.25) is 4.79 Å². The van der Waals surface area contributed by atoms with Crippen molar-refractivity contribution in [3.8, 4) is 11.5 Å². The Morgan fingerprint density at radius 2 is 2.20 bits per heavy atom. The van der Waals surface area contributed by atoms with Crippen LogP contribution in [0.25, 0.3) is 11.0 Å². The number of rotatable bonds is 7. The van der Waals surface area contributed by atoms with Crippen LogP contribution in [0, 0.1) is 18.7 Å². The number of nitrogens with two attached hydrogens (primary N) is 1. The molecule has 4 rings (SSSR count). The highest BCUT2D eigenvalue weighted by Gasteiger charge is 2.24. The summed E-state index contributed by atoms with van der Waals surface area (Å²) in [6.07, 6.45) is 3.70. The van der Waals surface area contributed by atoms with E-state index in [1.165, 1.54) is 6.07 Å². The lowest BCUT2D eigenvalue weighted by molar-refractivity contribution is -0.122.